The maximum absolute atomic E-state index is 13.2. The van der Waals surface area contributed by atoms with Crippen molar-refractivity contribution in [2.75, 3.05) is 32.6 Å². The van der Waals surface area contributed by atoms with E-state index in [4.69, 9.17) is 4.74 Å². The summed E-state index contributed by atoms with van der Waals surface area (Å²) in [7, 11) is -1.73. The van der Waals surface area contributed by atoms with Crippen molar-refractivity contribution in [2.45, 2.75) is 76.5 Å². The fourth-order valence-electron chi connectivity index (χ4n) is 4.37. The summed E-state index contributed by atoms with van der Waals surface area (Å²) < 4.78 is 33.5. The predicted molar refractivity (Wildman–Crippen MR) is 111 cm³/mol. The molecule has 28 heavy (non-hydrogen) atoms. The number of methoxy groups -OCH3 is 1. The Morgan fingerprint density at radius 2 is 1.93 bits per heavy atom. The maximum atomic E-state index is 13.2. The Kier molecular flexibility index (Phi) is 7.94. The molecule has 2 fully saturated rings. The van der Waals surface area contributed by atoms with Crippen LogP contribution >= 0.6 is 0 Å². The molecule has 0 amide bonds. The molecule has 0 saturated heterocycles. The minimum absolute atomic E-state index is 0.233. The molecule has 3 rings (SSSR count). The van der Waals surface area contributed by atoms with Crippen LogP contribution in [0.15, 0.2) is 11.4 Å². The molecule has 0 atom stereocenters. The molecule has 0 unspecified atom stereocenters. The summed E-state index contributed by atoms with van der Waals surface area (Å²) in [5.74, 6) is 1.33. The monoisotopic (exact) mass is 411 g/mol. The van der Waals surface area contributed by atoms with Gasteiger partial charge in [-0.15, -0.1) is 0 Å². The zero-order valence-corrected chi connectivity index (χ0v) is 18.4. The van der Waals surface area contributed by atoms with Gasteiger partial charge in [0.15, 0.2) is 0 Å². The minimum atomic E-state index is -3.38. The van der Waals surface area contributed by atoms with E-state index in [-0.39, 0.29) is 16.8 Å². The van der Waals surface area contributed by atoms with E-state index in [1.54, 1.807) is 13.3 Å². The molecule has 0 bridgehead atoms. The number of sulfone groups is 1. The Hall–Kier alpha value is -0.920. The molecule has 2 aliphatic rings. The standard InChI is InChI=1S/C21H37N3O3S/c1-3-11-23(15-18-9-10-18)16-20-14-22-21(24(20)12-13-27-2)28(25,26)17-19-7-5-4-6-8-19/h14,18-19H,3-13,15-17H2,1-2H3. The molecule has 0 aromatic carbocycles. The van der Waals surface area contributed by atoms with Crippen LogP contribution in [0.4, 0.5) is 0 Å². The van der Waals surface area contributed by atoms with Crippen molar-refractivity contribution in [1.82, 2.24) is 14.5 Å². The highest BCUT2D eigenvalue weighted by Crippen LogP contribution is 2.31. The minimum Gasteiger partial charge on any atom is -0.383 e. The van der Waals surface area contributed by atoms with E-state index >= 15 is 0 Å². The smallest absolute Gasteiger partial charge is 0.227 e. The highest BCUT2D eigenvalue weighted by molar-refractivity contribution is 7.91. The normalized spacial score (nSPS) is 18.8. The van der Waals surface area contributed by atoms with Crippen molar-refractivity contribution in [1.29, 1.82) is 0 Å². The lowest BCUT2D eigenvalue weighted by atomic mass is 9.91. The predicted octanol–water partition coefficient (Wildman–Crippen LogP) is 3.51. The molecule has 6 nitrogen and oxygen atoms in total. The largest absolute Gasteiger partial charge is 0.383 e. The molecule has 0 radical (unpaired) electrons. The summed E-state index contributed by atoms with van der Waals surface area (Å²) in [5, 5.41) is 0.244. The summed E-state index contributed by atoms with van der Waals surface area (Å²) in [6, 6.07) is 0. The number of aromatic nitrogens is 2. The van der Waals surface area contributed by atoms with Crippen LogP contribution in [0.25, 0.3) is 0 Å². The van der Waals surface area contributed by atoms with Crippen molar-refractivity contribution in [3.8, 4) is 0 Å². The van der Waals surface area contributed by atoms with Crippen molar-refractivity contribution in [3.05, 3.63) is 11.9 Å². The summed E-state index contributed by atoms with van der Waals surface area (Å²) in [6.07, 6.45) is 11.1. The van der Waals surface area contributed by atoms with E-state index in [2.05, 4.69) is 16.8 Å². The number of nitrogens with zero attached hydrogens (tertiary/aromatic N) is 3. The average Bonchev–Trinajstić information content (AvgIpc) is 3.39. The van der Waals surface area contributed by atoms with E-state index in [9.17, 15) is 8.42 Å². The Morgan fingerprint density at radius 1 is 1.18 bits per heavy atom. The van der Waals surface area contributed by atoms with Gasteiger partial charge in [-0.1, -0.05) is 26.2 Å². The first-order valence-corrected chi connectivity index (χ1v) is 12.7. The number of imidazole rings is 1. The van der Waals surface area contributed by atoms with Crippen LogP contribution in [0.2, 0.25) is 0 Å². The van der Waals surface area contributed by atoms with Crippen LogP contribution in [-0.2, 0) is 27.7 Å². The van der Waals surface area contributed by atoms with Crippen LogP contribution in [0.1, 0.15) is 64.0 Å². The molecule has 1 aromatic rings. The van der Waals surface area contributed by atoms with Gasteiger partial charge in [0.05, 0.1) is 24.3 Å². The fraction of sp³-hybridized carbons (Fsp3) is 0.857. The Labute approximate surface area is 170 Å². The first-order valence-electron chi connectivity index (χ1n) is 11.0. The number of ether oxygens (including phenoxy) is 1. The van der Waals surface area contributed by atoms with Crippen LogP contribution in [-0.4, -0.2) is 55.4 Å². The lowest BCUT2D eigenvalue weighted by molar-refractivity contribution is 0.180. The topological polar surface area (TPSA) is 64.4 Å². The van der Waals surface area contributed by atoms with E-state index in [1.165, 1.54) is 19.3 Å². The van der Waals surface area contributed by atoms with Gasteiger partial charge in [0, 0.05) is 26.7 Å². The van der Waals surface area contributed by atoms with Gasteiger partial charge in [0.25, 0.3) is 0 Å². The van der Waals surface area contributed by atoms with Gasteiger partial charge in [-0.05, 0) is 50.5 Å². The second kappa shape index (κ2) is 10.2. The fourth-order valence-corrected chi connectivity index (χ4v) is 6.23. The van der Waals surface area contributed by atoms with Crippen LogP contribution in [0, 0.1) is 11.8 Å². The first kappa shape index (κ1) is 21.8. The van der Waals surface area contributed by atoms with Crippen LogP contribution in [0.5, 0.6) is 0 Å². The Balaban J connectivity index is 1.77. The molecule has 160 valence electrons. The highest BCUT2D eigenvalue weighted by atomic mass is 32.2. The van der Waals surface area contributed by atoms with Gasteiger partial charge in [-0.2, -0.15) is 0 Å². The molecule has 2 aliphatic carbocycles. The van der Waals surface area contributed by atoms with Crippen molar-refractivity contribution >= 4 is 9.84 Å². The molecule has 0 spiro atoms. The zero-order chi connectivity index (χ0) is 20.0. The third-order valence-corrected chi connectivity index (χ3v) is 7.81. The Bertz CT molecular complexity index is 706. The number of hydrogen-bond acceptors (Lipinski definition) is 5. The first-order chi connectivity index (χ1) is 13.5. The van der Waals surface area contributed by atoms with Crippen molar-refractivity contribution in [2.24, 2.45) is 11.8 Å². The van der Waals surface area contributed by atoms with Crippen molar-refractivity contribution in [3.63, 3.8) is 0 Å². The summed E-state index contributed by atoms with van der Waals surface area (Å²) in [6.45, 7) is 6.13. The molecular weight excluding hydrogens is 374 g/mol. The molecular formula is C21H37N3O3S. The molecule has 2 saturated carbocycles. The quantitative estimate of drug-likeness (QED) is 0.527. The molecule has 0 N–H and O–H groups in total. The van der Waals surface area contributed by atoms with Gasteiger partial charge < -0.3 is 9.30 Å². The molecule has 1 heterocycles. The van der Waals surface area contributed by atoms with Crippen molar-refractivity contribution < 1.29 is 13.2 Å². The average molecular weight is 412 g/mol. The van der Waals surface area contributed by atoms with Gasteiger partial charge in [0.2, 0.25) is 15.0 Å². The van der Waals surface area contributed by atoms with Gasteiger partial charge in [-0.3, -0.25) is 4.90 Å². The lowest BCUT2D eigenvalue weighted by Crippen LogP contribution is -2.29. The van der Waals surface area contributed by atoms with Crippen LogP contribution < -0.4 is 0 Å². The second-order valence-corrected chi connectivity index (χ2v) is 10.6. The lowest BCUT2D eigenvalue weighted by Gasteiger charge is -2.23. The summed E-state index contributed by atoms with van der Waals surface area (Å²) in [4.78, 5) is 6.86. The number of hydrogen-bond donors (Lipinski definition) is 0. The van der Waals surface area contributed by atoms with Gasteiger partial charge >= 0.3 is 0 Å². The SMILES string of the molecule is CCCN(Cc1cnc(S(=O)(=O)CC2CCCCC2)n1CCOC)CC1CC1. The maximum Gasteiger partial charge on any atom is 0.227 e. The summed E-state index contributed by atoms with van der Waals surface area (Å²) in [5.41, 5.74) is 0.994. The molecule has 1 aromatic heterocycles. The van der Waals surface area contributed by atoms with E-state index in [1.807, 2.05) is 4.57 Å². The van der Waals surface area contributed by atoms with E-state index < -0.39 is 9.84 Å². The molecule has 7 heteroatoms. The third-order valence-electron chi connectivity index (χ3n) is 6.02. The van der Waals surface area contributed by atoms with Gasteiger partial charge in [-0.25, -0.2) is 13.4 Å². The van der Waals surface area contributed by atoms with E-state index in [0.717, 1.165) is 63.4 Å². The third kappa shape index (κ3) is 6.04. The zero-order valence-electron chi connectivity index (χ0n) is 17.6. The van der Waals surface area contributed by atoms with E-state index in [0.29, 0.717) is 13.2 Å². The number of rotatable bonds is 12. The molecule has 0 aliphatic heterocycles. The van der Waals surface area contributed by atoms with Crippen LogP contribution in [0.3, 0.4) is 0 Å². The highest BCUT2D eigenvalue weighted by Gasteiger charge is 2.29. The summed E-state index contributed by atoms with van der Waals surface area (Å²) >= 11 is 0. The Morgan fingerprint density at radius 3 is 2.57 bits per heavy atom. The van der Waals surface area contributed by atoms with Gasteiger partial charge in [0.1, 0.15) is 0 Å². The second-order valence-electron chi connectivity index (χ2n) is 8.64.